The van der Waals surface area contributed by atoms with Crippen LogP contribution in [0.15, 0.2) is 25.3 Å². The summed E-state index contributed by atoms with van der Waals surface area (Å²) in [6.45, 7) is 7.29. The van der Waals surface area contributed by atoms with E-state index in [2.05, 4.69) is 19.6 Å². The van der Waals surface area contributed by atoms with Gasteiger partial charge in [-0.1, -0.05) is 25.0 Å². The van der Waals surface area contributed by atoms with E-state index >= 15 is 0 Å². The maximum atomic E-state index is 3.67. The molecule has 0 aliphatic heterocycles. The monoisotopic (exact) mass is 176 g/mol. The molecule has 0 saturated carbocycles. The number of unbranched alkanes of at least 4 members (excludes halogenated alkanes) is 5. The summed E-state index contributed by atoms with van der Waals surface area (Å²) in [5, 5.41) is 0. The summed E-state index contributed by atoms with van der Waals surface area (Å²) < 4.78 is 0. The predicted octanol–water partition coefficient (Wildman–Crippen LogP) is 0.517. The average molecular weight is 176 g/mol. The van der Waals surface area contributed by atoms with Gasteiger partial charge in [0.05, 0.1) is 0 Å². The first-order chi connectivity index (χ1) is 4.91. The molecule has 0 rings (SSSR count). The Hall–Kier alpha value is 1.12. The Kier molecular flexibility index (Phi) is 18.2. The van der Waals surface area contributed by atoms with Crippen molar-refractivity contribution in [2.45, 2.75) is 32.1 Å². The van der Waals surface area contributed by atoms with Gasteiger partial charge in [-0.3, -0.25) is 0 Å². The van der Waals surface area contributed by atoms with Crippen LogP contribution in [0.25, 0.3) is 0 Å². The van der Waals surface area contributed by atoms with Gasteiger partial charge in [0.25, 0.3) is 0 Å². The summed E-state index contributed by atoms with van der Waals surface area (Å²) >= 11 is 0. The Balaban J connectivity index is 0. The number of rotatable bonds is 7. The van der Waals surface area contributed by atoms with Crippen molar-refractivity contribution in [3.63, 3.8) is 0 Å². The number of hydrogen-bond donors (Lipinski definition) is 0. The molecule has 1 heteroatoms. The fraction of sp³-hybridized carbons (Fsp3) is 0.500. The van der Waals surface area contributed by atoms with Crippen LogP contribution in [0.1, 0.15) is 32.1 Å². The second kappa shape index (κ2) is 13.7. The summed E-state index contributed by atoms with van der Waals surface area (Å²) in [4.78, 5) is 0. The molecule has 0 nitrogen and oxygen atoms in total. The van der Waals surface area contributed by atoms with Gasteiger partial charge >= 0.3 is 51.4 Å². The van der Waals surface area contributed by atoms with Gasteiger partial charge in [-0.05, 0) is 25.7 Å². The second-order valence-corrected chi connectivity index (χ2v) is 2.40. The van der Waals surface area contributed by atoms with Gasteiger partial charge in [0, 0.05) is 0 Å². The van der Waals surface area contributed by atoms with E-state index < -0.39 is 0 Å². The molecule has 0 amide bonds. The zero-order valence-electron chi connectivity index (χ0n) is 7.68. The molecule has 0 bridgehead atoms. The largest absolute Gasteiger partial charge is 1.00 e. The zero-order valence-corrected chi connectivity index (χ0v) is 10.8. The smallest absolute Gasteiger partial charge is 0.103 e. The second-order valence-electron chi connectivity index (χ2n) is 2.40. The van der Waals surface area contributed by atoms with Gasteiger partial charge in [-0.15, -0.1) is 13.2 Å². The van der Waals surface area contributed by atoms with E-state index in [1.165, 1.54) is 25.7 Å². The first-order valence-electron chi connectivity index (χ1n) is 3.97. The molecule has 0 saturated heterocycles. The Morgan fingerprint density at radius 1 is 0.909 bits per heavy atom. The van der Waals surface area contributed by atoms with Gasteiger partial charge in [0.1, 0.15) is 0 Å². The Bertz CT molecular complexity index is 74.9. The minimum atomic E-state index is 0. The molecule has 0 fully saturated rings. The molecule has 0 atom stereocenters. The summed E-state index contributed by atoms with van der Waals surface area (Å²) in [5.74, 6) is 0. The van der Waals surface area contributed by atoms with Crippen LogP contribution in [0.2, 0.25) is 0 Å². The molecule has 0 spiro atoms. The molecule has 0 aromatic carbocycles. The van der Waals surface area contributed by atoms with E-state index in [9.17, 15) is 0 Å². The molecule has 0 unspecified atom stereocenters. The van der Waals surface area contributed by atoms with E-state index in [1.807, 2.05) is 12.2 Å². The Morgan fingerprint density at radius 2 is 1.55 bits per heavy atom. The fourth-order valence-corrected chi connectivity index (χ4v) is 0.845. The van der Waals surface area contributed by atoms with Crippen molar-refractivity contribution in [1.29, 1.82) is 0 Å². The Labute approximate surface area is 114 Å². The van der Waals surface area contributed by atoms with Crippen LogP contribution in [0.5, 0.6) is 0 Å². The van der Waals surface area contributed by atoms with Crippen molar-refractivity contribution in [1.82, 2.24) is 0 Å². The SMILES string of the molecule is C=C[CH]CCCCCC=C.[K+]. The third-order valence-electron chi connectivity index (χ3n) is 1.45. The zero-order chi connectivity index (χ0) is 7.66. The van der Waals surface area contributed by atoms with Gasteiger partial charge in [0.15, 0.2) is 0 Å². The van der Waals surface area contributed by atoms with Gasteiger partial charge in [-0.2, -0.15) is 0 Å². The fourth-order valence-electron chi connectivity index (χ4n) is 0.845. The van der Waals surface area contributed by atoms with Crippen molar-refractivity contribution in [3.8, 4) is 0 Å². The van der Waals surface area contributed by atoms with Gasteiger partial charge < -0.3 is 0 Å². The van der Waals surface area contributed by atoms with E-state index in [0.717, 1.165) is 6.42 Å². The van der Waals surface area contributed by atoms with Crippen molar-refractivity contribution in [2.24, 2.45) is 0 Å². The first kappa shape index (κ1) is 14.6. The van der Waals surface area contributed by atoms with E-state index in [-0.39, 0.29) is 51.4 Å². The molecular formula is C10H17K+. The van der Waals surface area contributed by atoms with Crippen LogP contribution in [0.4, 0.5) is 0 Å². The third-order valence-corrected chi connectivity index (χ3v) is 1.45. The molecule has 1 radical (unpaired) electrons. The average Bonchev–Trinajstić information content (AvgIpc) is 1.97. The van der Waals surface area contributed by atoms with Crippen molar-refractivity contribution < 1.29 is 51.4 Å². The summed E-state index contributed by atoms with van der Waals surface area (Å²) in [5.41, 5.74) is 0. The topological polar surface area (TPSA) is 0 Å². The van der Waals surface area contributed by atoms with Crippen molar-refractivity contribution >= 4 is 0 Å². The quantitative estimate of drug-likeness (QED) is 0.301. The Morgan fingerprint density at radius 3 is 2.09 bits per heavy atom. The maximum Gasteiger partial charge on any atom is 1.00 e. The van der Waals surface area contributed by atoms with Crippen LogP contribution in [-0.4, -0.2) is 0 Å². The standard InChI is InChI=1S/C10H17.K/c1-3-5-7-9-10-8-6-4-2;/h3-5H,1-2,6-10H2;/q;+1. The predicted molar refractivity (Wildman–Crippen MR) is 47.8 cm³/mol. The molecule has 0 aliphatic carbocycles. The minimum Gasteiger partial charge on any atom is -0.103 e. The molecule has 57 valence electrons. The normalized spacial score (nSPS) is 8.36. The van der Waals surface area contributed by atoms with Crippen molar-refractivity contribution in [3.05, 3.63) is 31.7 Å². The molecule has 0 heterocycles. The molecule has 0 aromatic heterocycles. The van der Waals surface area contributed by atoms with Gasteiger partial charge in [0.2, 0.25) is 0 Å². The molecule has 11 heavy (non-hydrogen) atoms. The van der Waals surface area contributed by atoms with Crippen LogP contribution in [0.3, 0.4) is 0 Å². The number of hydrogen-bond acceptors (Lipinski definition) is 0. The third kappa shape index (κ3) is 14.0. The van der Waals surface area contributed by atoms with Crippen LogP contribution in [-0.2, 0) is 0 Å². The summed E-state index contributed by atoms with van der Waals surface area (Å²) in [6, 6.07) is 0. The van der Waals surface area contributed by atoms with E-state index in [1.54, 1.807) is 0 Å². The van der Waals surface area contributed by atoms with Crippen LogP contribution in [0, 0.1) is 6.42 Å². The molecule has 0 aromatic rings. The van der Waals surface area contributed by atoms with Crippen LogP contribution < -0.4 is 51.4 Å². The van der Waals surface area contributed by atoms with Crippen LogP contribution >= 0.6 is 0 Å². The maximum absolute atomic E-state index is 3.67. The molecular weight excluding hydrogens is 159 g/mol. The summed E-state index contributed by atoms with van der Waals surface area (Å²) in [7, 11) is 0. The van der Waals surface area contributed by atoms with E-state index in [4.69, 9.17) is 0 Å². The van der Waals surface area contributed by atoms with Crippen molar-refractivity contribution in [2.75, 3.05) is 0 Å². The molecule has 0 N–H and O–H groups in total. The minimum absolute atomic E-state index is 0. The first-order valence-corrected chi connectivity index (χ1v) is 3.97. The van der Waals surface area contributed by atoms with Gasteiger partial charge in [-0.25, -0.2) is 0 Å². The molecule has 0 aliphatic rings. The number of allylic oxidation sites excluding steroid dienone is 2. The van der Waals surface area contributed by atoms with E-state index in [0.29, 0.717) is 0 Å². The summed E-state index contributed by atoms with van der Waals surface area (Å²) in [6.07, 6.45) is 12.2.